The van der Waals surface area contributed by atoms with E-state index in [0.29, 0.717) is 5.82 Å². The van der Waals surface area contributed by atoms with Crippen molar-refractivity contribution in [3.05, 3.63) is 77.6 Å². The van der Waals surface area contributed by atoms with Gasteiger partial charge in [-0.2, -0.15) is 4.68 Å². The van der Waals surface area contributed by atoms with E-state index in [-0.39, 0.29) is 11.8 Å². The summed E-state index contributed by atoms with van der Waals surface area (Å²) in [5, 5.41) is 11.9. The van der Waals surface area contributed by atoms with Crippen LogP contribution in [0.4, 0.5) is 0 Å². The van der Waals surface area contributed by atoms with Crippen molar-refractivity contribution in [2.24, 2.45) is 5.41 Å². The van der Waals surface area contributed by atoms with E-state index in [1.165, 1.54) is 4.68 Å². The molecule has 5 heteroatoms. The van der Waals surface area contributed by atoms with Crippen LogP contribution in [0.25, 0.3) is 0 Å². The van der Waals surface area contributed by atoms with Gasteiger partial charge in [-0.1, -0.05) is 81.4 Å². The molecule has 0 spiro atoms. The monoisotopic (exact) mass is 320 g/mol. The first kappa shape index (κ1) is 16.1. The topological polar surface area (TPSA) is 60.7 Å². The number of nitrogens with zero attached hydrogens (tertiary/aromatic N) is 4. The molecule has 1 aromatic heterocycles. The van der Waals surface area contributed by atoms with Crippen molar-refractivity contribution in [2.75, 3.05) is 0 Å². The summed E-state index contributed by atoms with van der Waals surface area (Å²) < 4.78 is 1.34. The molecule has 0 N–H and O–H groups in total. The predicted molar refractivity (Wildman–Crippen MR) is 91.7 cm³/mol. The average molecular weight is 320 g/mol. The van der Waals surface area contributed by atoms with Crippen LogP contribution in [-0.4, -0.2) is 26.1 Å². The zero-order valence-corrected chi connectivity index (χ0v) is 14.0. The Kier molecular flexibility index (Phi) is 4.25. The molecule has 3 rings (SSSR count). The summed E-state index contributed by atoms with van der Waals surface area (Å²) >= 11 is 0. The highest BCUT2D eigenvalue weighted by atomic mass is 16.2. The number of hydrogen-bond donors (Lipinski definition) is 0. The summed E-state index contributed by atoms with van der Waals surface area (Å²) in [7, 11) is 0. The fourth-order valence-electron chi connectivity index (χ4n) is 2.62. The highest BCUT2D eigenvalue weighted by Gasteiger charge is 2.31. The SMILES string of the molecule is CC(C)(C)C(=O)n1nnnc1C(c1ccccc1)c1ccccc1. The molecular formula is C19H20N4O. The Bertz CT molecular complexity index is 780. The number of carbonyl (C=O) groups is 1. The van der Waals surface area contributed by atoms with Gasteiger partial charge >= 0.3 is 0 Å². The summed E-state index contributed by atoms with van der Waals surface area (Å²) in [6.07, 6.45) is 0. The Morgan fingerprint density at radius 1 is 0.917 bits per heavy atom. The summed E-state index contributed by atoms with van der Waals surface area (Å²) in [6.45, 7) is 5.59. The number of benzene rings is 2. The Morgan fingerprint density at radius 2 is 1.42 bits per heavy atom. The van der Waals surface area contributed by atoms with Crippen molar-refractivity contribution >= 4 is 5.91 Å². The quantitative estimate of drug-likeness (QED) is 0.693. The van der Waals surface area contributed by atoms with Gasteiger partial charge in [0, 0.05) is 5.41 Å². The standard InChI is InChI=1S/C19H20N4O/c1-19(2,3)18(24)23-17(20-21-22-23)16(14-10-6-4-7-11-14)15-12-8-5-9-13-15/h4-13,16H,1-3H3. The van der Waals surface area contributed by atoms with Crippen molar-refractivity contribution < 1.29 is 4.79 Å². The summed E-state index contributed by atoms with van der Waals surface area (Å²) in [4.78, 5) is 12.7. The van der Waals surface area contributed by atoms with E-state index in [4.69, 9.17) is 0 Å². The van der Waals surface area contributed by atoms with Gasteiger partial charge in [0.1, 0.15) is 0 Å². The third-order valence-electron chi connectivity index (χ3n) is 3.85. The van der Waals surface area contributed by atoms with Crippen LogP contribution in [0.5, 0.6) is 0 Å². The van der Waals surface area contributed by atoms with Crippen molar-refractivity contribution in [1.29, 1.82) is 0 Å². The molecule has 0 saturated heterocycles. The van der Waals surface area contributed by atoms with Gasteiger partial charge in [-0.25, -0.2) is 0 Å². The van der Waals surface area contributed by atoms with E-state index >= 15 is 0 Å². The van der Waals surface area contributed by atoms with Crippen molar-refractivity contribution in [2.45, 2.75) is 26.7 Å². The number of hydrogen-bond acceptors (Lipinski definition) is 4. The molecule has 0 aliphatic heterocycles. The van der Waals surface area contributed by atoms with Crippen LogP contribution in [0.3, 0.4) is 0 Å². The van der Waals surface area contributed by atoms with Gasteiger partial charge in [-0.05, 0) is 21.6 Å². The minimum absolute atomic E-state index is 0.126. The molecule has 122 valence electrons. The van der Waals surface area contributed by atoms with Gasteiger partial charge < -0.3 is 0 Å². The van der Waals surface area contributed by atoms with Gasteiger partial charge in [0.15, 0.2) is 5.82 Å². The Balaban J connectivity index is 2.15. The van der Waals surface area contributed by atoms with E-state index in [0.717, 1.165) is 11.1 Å². The molecule has 0 fully saturated rings. The second-order valence-electron chi connectivity index (χ2n) is 6.76. The summed E-state index contributed by atoms with van der Waals surface area (Å²) in [5.74, 6) is 0.209. The zero-order chi connectivity index (χ0) is 17.2. The van der Waals surface area contributed by atoms with Crippen LogP contribution in [0.2, 0.25) is 0 Å². The molecular weight excluding hydrogens is 300 g/mol. The molecule has 0 aliphatic carbocycles. The third-order valence-corrected chi connectivity index (χ3v) is 3.85. The predicted octanol–water partition coefficient (Wildman–Crippen LogP) is 3.54. The molecule has 3 aromatic rings. The van der Waals surface area contributed by atoms with Gasteiger partial charge in [0.05, 0.1) is 5.92 Å². The fraction of sp³-hybridized carbons (Fsp3) is 0.263. The molecule has 0 saturated carbocycles. The minimum atomic E-state index is -0.567. The van der Waals surface area contributed by atoms with E-state index in [9.17, 15) is 4.79 Å². The fourth-order valence-corrected chi connectivity index (χ4v) is 2.62. The molecule has 2 aromatic carbocycles. The molecule has 0 amide bonds. The van der Waals surface area contributed by atoms with Crippen LogP contribution >= 0.6 is 0 Å². The molecule has 0 bridgehead atoms. The molecule has 0 radical (unpaired) electrons. The Hall–Kier alpha value is -2.82. The highest BCUT2D eigenvalue weighted by molar-refractivity contribution is 5.83. The van der Waals surface area contributed by atoms with Gasteiger partial charge in [0.2, 0.25) is 0 Å². The van der Waals surface area contributed by atoms with Crippen LogP contribution in [0.1, 0.15) is 48.4 Å². The van der Waals surface area contributed by atoms with Crippen LogP contribution in [0, 0.1) is 5.41 Å². The third kappa shape index (κ3) is 3.11. The largest absolute Gasteiger partial charge is 0.272 e. The first-order valence-corrected chi connectivity index (χ1v) is 7.91. The van der Waals surface area contributed by atoms with Gasteiger partial charge in [-0.15, -0.1) is 5.10 Å². The Morgan fingerprint density at radius 3 is 1.88 bits per heavy atom. The van der Waals surface area contributed by atoms with E-state index in [1.807, 2.05) is 81.4 Å². The first-order chi connectivity index (χ1) is 11.5. The highest BCUT2D eigenvalue weighted by Crippen LogP contribution is 2.31. The molecule has 5 nitrogen and oxygen atoms in total. The molecule has 24 heavy (non-hydrogen) atoms. The number of tetrazole rings is 1. The number of rotatable bonds is 3. The maximum absolute atomic E-state index is 12.7. The molecule has 0 unspecified atom stereocenters. The molecule has 0 atom stereocenters. The maximum atomic E-state index is 12.7. The van der Waals surface area contributed by atoms with E-state index < -0.39 is 5.41 Å². The van der Waals surface area contributed by atoms with Crippen molar-refractivity contribution in [3.8, 4) is 0 Å². The number of carbonyl (C=O) groups excluding carboxylic acids is 1. The van der Waals surface area contributed by atoms with Crippen molar-refractivity contribution in [1.82, 2.24) is 20.2 Å². The lowest BCUT2D eigenvalue weighted by Gasteiger charge is -2.20. The lowest BCUT2D eigenvalue weighted by molar-refractivity contribution is 0.0741. The van der Waals surface area contributed by atoms with E-state index in [2.05, 4.69) is 15.5 Å². The maximum Gasteiger partial charge on any atom is 0.255 e. The lowest BCUT2D eigenvalue weighted by Crippen LogP contribution is -2.30. The van der Waals surface area contributed by atoms with Crippen LogP contribution in [0.15, 0.2) is 60.7 Å². The Labute approximate surface area is 141 Å². The lowest BCUT2D eigenvalue weighted by atomic mass is 9.89. The van der Waals surface area contributed by atoms with Gasteiger partial charge in [-0.3, -0.25) is 4.79 Å². The second-order valence-corrected chi connectivity index (χ2v) is 6.76. The summed E-state index contributed by atoms with van der Waals surface area (Å²) in [6, 6.07) is 19.9. The first-order valence-electron chi connectivity index (χ1n) is 7.91. The smallest absolute Gasteiger partial charge is 0.255 e. The zero-order valence-electron chi connectivity index (χ0n) is 14.0. The van der Waals surface area contributed by atoms with Gasteiger partial charge in [0.25, 0.3) is 5.91 Å². The minimum Gasteiger partial charge on any atom is -0.272 e. The normalized spacial score (nSPS) is 11.7. The average Bonchev–Trinajstić information content (AvgIpc) is 3.04. The van der Waals surface area contributed by atoms with Crippen molar-refractivity contribution in [3.63, 3.8) is 0 Å². The molecule has 1 heterocycles. The van der Waals surface area contributed by atoms with Crippen LogP contribution < -0.4 is 0 Å². The van der Waals surface area contributed by atoms with Crippen LogP contribution in [-0.2, 0) is 0 Å². The summed E-state index contributed by atoms with van der Waals surface area (Å²) in [5.41, 5.74) is 1.52. The number of aromatic nitrogens is 4. The van der Waals surface area contributed by atoms with E-state index in [1.54, 1.807) is 0 Å². The molecule has 0 aliphatic rings. The second kappa shape index (κ2) is 6.35.